The van der Waals surface area contributed by atoms with Gasteiger partial charge in [0.05, 0.1) is 10.9 Å². The summed E-state index contributed by atoms with van der Waals surface area (Å²) < 4.78 is 0. The van der Waals surface area contributed by atoms with E-state index < -0.39 is 0 Å². The van der Waals surface area contributed by atoms with Crippen LogP contribution in [0.4, 0.5) is 0 Å². The van der Waals surface area contributed by atoms with Crippen molar-refractivity contribution in [3.63, 3.8) is 0 Å². The molecule has 0 saturated heterocycles. The van der Waals surface area contributed by atoms with E-state index in [0.717, 1.165) is 21.7 Å². The Hall–Kier alpha value is -1.62. The molecule has 0 N–H and O–H groups in total. The van der Waals surface area contributed by atoms with Crippen molar-refractivity contribution in [1.29, 1.82) is 0 Å². The van der Waals surface area contributed by atoms with Crippen LogP contribution in [0.25, 0.3) is 10.9 Å². The molecule has 88 valence electrons. The molecule has 0 aliphatic rings. The largest absolute Gasteiger partial charge is 0.335 e. The Bertz CT molecular complexity index is 537. The zero-order chi connectivity index (χ0) is 12.1. The standard InChI is InChI=1S/C12H13N3OS/c1-3-17-9(2)15-16-12-10-6-4-5-7-11(10)13-8-14-12/h4-8H,3H2,1-2H3. The second-order valence-corrected chi connectivity index (χ2v) is 4.79. The second kappa shape index (κ2) is 5.63. The lowest BCUT2D eigenvalue weighted by molar-refractivity contribution is 0.333. The van der Waals surface area contributed by atoms with Crippen molar-refractivity contribution in [3.8, 4) is 5.88 Å². The smallest absolute Gasteiger partial charge is 0.259 e. The second-order valence-electron chi connectivity index (χ2n) is 3.33. The molecule has 4 nitrogen and oxygen atoms in total. The van der Waals surface area contributed by atoms with Gasteiger partial charge in [-0.2, -0.15) is 4.98 Å². The Morgan fingerprint density at radius 2 is 2.18 bits per heavy atom. The first-order valence-corrected chi connectivity index (χ1v) is 6.34. The highest BCUT2D eigenvalue weighted by atomic mass is 32.2. The molecular formula is C12H13N3OS. The molecule has 2 rings (SSSR count). The highest BCUT2D eigenvalue weighted by Crippen LogP contribution is 2.20. The maximum atomic E-state index is 5.35. The van der Waals surface area contributed by atoms with Gasteiger partial charge in [-0.1, -0.05) is 24.2 Å². The molecule has 0 bridgehead atoms. The highest BCUT2D eigenvalue weighted by Gasteiger charge is 2.03. The van der Waals surface area contributed by atoms with Gasteiger partial charge in [0.2, 0.25) is 0 Å². The zero-order valence-corrected chi connectivity index (χ0v) is 10.6. The van der Waals surface area contributed by atoms with E-state index in [1.54, 1.807) is 11.8 Å². The third-order valence-corrected chi connectivity index (χ3v) is 2.90. The highest BCUT2D eigenvalue weighted by molar-refractivity contribution is 8.13. The van der Waals surface area contributed by atoms with Crippen molar-refractivity contribution in [2.45, 2.75) is 13.8 Å². The molecule has 0 saturated carbocycles. The van der Waals surface area contributed by atoms with Crippen LogP contribution in [0.5, 0.6) is 5.88 Å². The molecular weight excluding hydrogens is 234 g/mol. The average Bonchev–Trinajstić information content (AvgIpc) is 2.36. The van der Waals surface area contributed by atoms with E-state index in [1.165, 1.54) is 6.33 Å². The summed E-state index contributed by atoms with van der Waals surface area (Å²) >= 11 is 1.64. The van der Waals surface area contributed by atoms with Gasteiger partial charge < -0.3 is 4.84 Å². The van der Waals surface area contributed by atoms with Crippen molar-refractivity contribution in [1.82, 2.24) is 9.97 Å². The first-order chi connectivity index (χ1) is 8.31. The van der Waals surface area contributed by atoms with Gasteiger partial charge in [0.1, 0.15) is 11.4 Å². The molecule has 2 aromatic rings. The predicted octanol–water partition coefficient (Wildman–Crippen LogP) is 3.10. The van der Waals surface area contributed by atoms with Crippen LogP contribution in [-0.4, -0.2) is 20.8 Å². The van der Waals surface area contributed by atoms with Gasteiger partial charge in [0.15, 0.2) is 0 Å². The van der Waals surface area contributed by atoms with E-state index >= 15 is 0 Å². The first-order valence-electron chi connectivity index (χ1n) is 5.35. The molecule has 0 spiro atoms. The number of benzene rings is 1. The van der Waals surface area contributed by atoms with Gasteiger partial charge in [0.25, 0.3) is 5.88 Å². The van der Waals surface area contributed by atoms with Gasteiger partial charge in [-0.3, -0.25) is 0 Å². The molecule has 5 heteroatoms. The van der Waals surface area contributed by atoms with Crippen molar-refractivity contribution in [2.75, 3.05) is 5.75 Å². The molecule has 1 aromatic heterocycles. The fourth-order valence-electron chi connectivity index (χ4n) is 1.40. The maximum absolute atomic E-state index is 5.35. The van der Waals surface area contributed by atoms with Crippen molar-refractivity contribution < 1.29 is 4.84 Å². The first kappa shape index (κ1) is 11.9. The van der Waals surface area contributed by atoms with Crippen molar-refractivity contribution in [2.24, 2.45) is 5.16 Å². The maximum Gasteiger partial charge on any atom is 0.259 e. The molecule has 0 amide bonds. The average molecular weight is 247 g/mol. The summed E-state index contributed by atoms with van der Waals surface area (Å²) in [4.78, 5) is 13.6. The summed E-state index contributed by atoms with van der Waals surface area (Å²) in [6.45, 7) is 3.99. The summed E-state index contributed by atoms with van der Waals surface area (Å²) in [6, 6.07) is 7.69. The summed E-state index contributed by atoms with van der Waals surface area (Å²) in [5.74, 6) is 1.47. The number of hydrogen-bond acceptors (Lipinski definition) is 5. The molecule has 0 unspecified atom stereocenters. The van der Waals surface area contributed by atoms with E-state index in [4.69, 9.17) is 4.84 Å². The van der Waals surface area contributed by atoms with Crippen LogP contribution in [0.1, 0.15) is 13.8 Å². The number of oxime groups is 1. The Morgan fingerprint density at radius 3 is 3.00 bits per heavy atom. The van der Waals surface area contributed by atoms with E-state index in [9.17, 15) is 0 Å². The molecule has 17 heavy (non-hydrogen) atoms. The molecule has 0 aliphatic carbocycles. The summed E-state index contributed by atoms with van der Waals surface area (Å²) in [5, 5.41) is 5.78. The van der Waals surface area contributed by atoms with Crippen LogP contribution in [0.3, 0.4) is 0 Å². The van der Waals surface area contributed by atoms with Crippen LogP contribution >= 0.6 is 11.8 Å². The number of nitrogens with zero attached hydrogens (tertiary/aromatic N) is 3. The topological polar surface area (TPSA) is 47.4 Å². The number of para-hydroxylation sites is 1. The quantitative estimate of drug-likeness (QED) is 0.475. The molecule has 0 aliphatic heterocycles. The number of rotatable bonds is 3. The van der Waals surface area contributed by atoms with Crippen LogP contribution in [0.15, 0.2) is 35.7 Å². The molecule has 1 aromatic carbocycles. The molecule has 0 fully saturated rings. The Morgan fingerprint density at radius 1 is 1.35 bits per heavy atom. The van der Waals surface area contributed by atoms with Crippen LogP contribution in [0.2, 0.25) is 0 Å². The van der Waals surface area contributed by atoms with E-state index in [-0.39, 0.29) is 0 Å². The molecule has 0 atom stereocenters. The fraction of sp³-hybridized carbons (Fsp3) is 0.250. The van der Waals surface area contributed by atoms with Gasteiger partial charge in [-0.15, -0.1) is 11.8 Å². The molecule has 1 heterocycles. The number of thioether (sulfide) groups is 1. The summed E-state index contributed by atoms with van der Waals surface area (Å²) in [6.07, 6.45) is 1.48. The Kier molecular flexibility index (Phi) is 3.93. The Balaban J connectivity index is 2.27. The lowest BCUT2D eigenvalue weighted by Gasteiger charge is -2.02. The normalized spacial score (nSPS) is 11.8. The van der Waals surface area contributed by atoms with Crippen LogP contribution in [-0.2, 0) is 0 Å². The molecule has 0 radical (unpaired) electrons. The lowest BCUT2D eigenvalue weighted by atomic mass is 10.2. The number of aromatic nitrogens is 2. The minimum absolute atomic E-state index is 0.492. The van der Waals surface area contributed by atoms with Gasteiger partial charge in [-0.25, -0.2) is 4.98 Å². The zero-order valence-electron chi connectivity index (χ0n) is 9.75. The SMILES string of the molecule is CCSC(C)=NOc1ncnc2ccccc12. The Labute approximate surface area is 104 Å². The third-order valence-electron chi connectivity index (χ3n) is 2.12. The summed E-state index contributed by atoms with van der Waals surface area (Å²) in [7, 11) is 0. The lowest BCUT2D eigenvalue weighted by Crippen LogP contribution is -1.94. The minimum atomic E-state index is 0.492. The fourth-order valence-corrected chi connectivity index (χ4v) is 1.90. The van der Waals surface area contributed by atoms with E-state index in [1.807, 2.05) is 31.2 Å². The monoisotopic (exact) mass is 247 g/mol. The van der Waals surface area contributed by atoms with Gasteiger partial charge in [0, 0.05) is 0 Å². The van der Waals surface area contributed by atoms with Crippen LogP contribution in [0, 0.1) is 0 Å². The van der Waals surface area contributed by atoms with Gasteiger partial charge in [-0.05, 0) is 24.8 Å². The summed E-state index contributed by atoms with van der Waals surface area (Å²) in [5.41, 5.74) is 0.855. The third kappa shape index (κ3) is 2.94. The minimum Gasteiger partial charge on any atom is -0.335 e. The number of hydrogen-bond donors (Lipinski definition) is 0. The predicted molar refractivity (Wildman–Crippen MR) is 71.4 cm³/mol. The number of fused-ring (bicyclic) bond motifs is 1. The van der Waals surface area contributed by atoms with Crippen LogP contribution < -0.4 is 4.84 Å². The van der Waals surface area contributed by atoms with E-state index in [2.05, 4.69) is 22.0 Å². The van der Waals surface area contributed by atoms with E-state index in [0.29, 0.717) is 5.88 Å². The van der Waals surface area contributed by atoms with Gasteiger partial charge >= 0.3 is 0 Å². The van der Waals surface area contributed by atoms with Crippen molar-refractivity contribution >= 4 is 27.7 Å². The van der Waals surface area contributed by atoms with Crippen molar-refractivity contribution in [3.05, 3.63) is 30.6 Å².